The van der Waals surface area contributed by atoms with Gasteiger partial charge in [0.2, 0.25) is 5.95 Å². The summed E-state index contributed by atoms with van der Waals surface area (Å²) in [6, 6.07) is 18.3. The summed E-state index contributed by atoms with van der Waals surface area (Å²) in [7, 11) is 0. The van der Waals surface area contributed by atoms with Gasteiger partial charge in [-0.05, 0) is 24.6 Å². The molecule has 0 bridgehead atoms. The van der Waals surface area contributed by atoms with Crippen molar-refractivity contribution in [3.8, 4) is 5.75 Å². The molecule has 0 radical (unpaired) electrons. The zero-order valence-corrected chi connectivity index (χ0v) is 14.4. The number of aryl methyl sites for hydroxylation is 1. The first kappa shape index (κ1) is 16.4. The Morgan fingerprint density at radius 2 is 1.79 bits per heavy atom. The van der Waals surface area contributed by atoms with Crippen molar-refractivity contribution < 1.29 is 4.74 Å². The summed E-state index contributed by atoms with van der Waals surface area (Å²) >= 11 is 1.62. The molecule has 0 aliphatic carbocycles. The number of anilines is 1. The molecule has 0 saturated heterocycles. The molecule has 6 heteroatoms. The van der Waals surface area contributed by atoms with Gasteiger partial charge in [0, 0.05) is 5.75 Å². The molecule has 0 fully saturated rings. The second-order valence-corrected chi connectivity index (χ2v) is 6.37. The number of nitrogens with zero attached hydrogens (tertiary/aromatic N) is 3. The van der Waals surface area contributed by atoms with E-state index in [0.717, 1.165) is 16.7 Å². The maximum Gasteiger partial charge on any atom is 0.222 e. The standard InChI is InChI=1S/C18H20N4OS/c1-14-7-9-16(10-8-14)23-12-11-22-17(19)20-21-18(22)24-13-15-5-3-2-4-6-15/h2-10H,11-13H2,1H3,(H2,19,20). The van der Waals surface area contributed by atoms with Gasteiger partial charge in [0.25, 0.3) is 0 Å². The van der Waals surface area contributed by atoms with Gasteiger partial charge in [-0.15, -0.1) is 10.2 Å². The summed E-state index contributed by atoms with van der Waals surface area (Å²) in [5.74, 6) is 2.10. The summed E-state index contributed by atoms with van der Waals surface area (Å²) in [5, 5.41) is 8.95. The number of benzene rings is 2. The Morgan fingerprint density at radius 1 is 1.04 bits per heavy atom. The molecular weight excluding hydrogens is 320 g/mol. The van der Waals surface area contributed by atoms with E-state index in [1.54, 1.807) is 11.8 Å². The van der Waals surface area contributed by atoms with Crippen molar-refractivity contribution >= 4 is 17.7 Å². The van der Waals surface area contributed by atoms with Crippen LogP contribution in [0.5, 0.6) is 5.75 Å². The summed E-state index contributed by atoms with van der Waals surface area (Å²) in [6.07, 6.45) is 0. The van der Waals surface area contributed by atoms with Crippen LogP contribution in [0.3, 0.4) is 0 Å². The largest absolute Gasteiger partial charge is 0.492 e. The predicted octanol–water partition coefficient (Wildman–Crippen LogP) is 3.54. The number of rotatable bonds is 7. The van der Waals surface area contributed by atoms with E-state index in [1.807, 2.05) is 47.0 Å². The molecule has 2 N–H and O–H groups in total. The van der Waals surface area contributed by atoms with Crippen LogP contribution >= 0.6 is 11.8 Å². The summed E-state index contributed by atoms with van der Waals surface area (Å²) in [5.41, 5.74) is 8.39. The zero-order valence-electron chi connectivity index (χ0n) is 13.6. The highest BCUT2D eigenvalue weighted by molar-refractivity contribution is 7.98. The molecule has 24 heavy (non-hydrogen) atoms. The Kier molecular flexibility index (Phi) is 5.38. The monoisotopic (exact) mass is 340 g/mol. The molecule has 0 aliphatic heterocycles. The lowest BCUT2D eigenvalue weighted by Gasteiger charge is -2.10. The van der Waals surface area contributed by atoms with E-state index in [0.29, 0.717) is 19.1 Å². The van der Waals surface area contributed by atoms with Crippen LogP contribution in [-0.2, 0) is 12.3 Å². The smallest absolute Gasteiger partial charge is 0.222 e. The Balaban J connectivity index is 1.57. The maximum atomic E-state index is 5.93. The summed E-state index contributed by atoms with van der Waals surface area (Å²) in [4.78, 5) is 0. The first-order valence-corrected chi connectivity index (χ1v) is 8.76. The third-order valence-electron chi connectivity index (χ3n) is 3.56. The lowest BCUT2D eigenvalue weighted by molar-refractivity contribution is 0.294. The van der Waals surface area contributed by atoms with E-state index in [1.165, 1.54) is 11.1 Å². The van der Waals surface area contributed by atoms with E-state index in [2.05, 4.69) is 29.3 Å². The molecule has 124 valence electrons. The lowest BCUT2D eigenvalue weighted by atomic mass is 10.2. The molecule has 0 amide bonds. The molecule has 3 aromatic rings. The zero-order chi connectivity index (χ0) is 16.8. The summed E-state index contributed by atoms with van der Waals surface area (Å²) < 4.78 is 7.66. The second kappa shape index (κ2) is 7.88. The van der Waals surface area contributed by atoms with Crippen molar-refractivity contribution in [3.63, 3.8) is 0 Å². The van der Waals surface area contributed by atoms with Gasteiger partial charge in [-0.2, -0.15) is 0 Å². The SMILES string of the molecule is Cc1ccc(OCCn2c(N)nnc2SCc2ccccc2)cc1. The molecule has 1 aromatic heterocycles. The number of nitrogens with two attached hydrogens (primary N) is 1. The number of ether oxygens (including phenoxy) is 1. The van der Waals surface area contributed by atoms with Crippen molar-refractivity contribution in [1.29, 1.82) is 0 Å². The summed E-state index contributed by atoms with van der Waals surface area (Å²) in [6.45, 7) is 3.19. The highest BCUT2D eigenvalue weighted by Crippen LogP contribution is 2.22. The third-order valence-corrected chi connectivity index (χ3v) is 4.60. The normalized spacial score (nSPS) is 10.7. The minimum atomic E-state index is 0.415. The van der Waals surface area contributed by atoms with Crippen LogP contribution in [0.4, 0.5) is 5.95 Å². The Bertz CT molecular complexity index is 771. The fourth-order valence-electron chi connectivity index (χ4n) is 2.23. The first-order valence-electron chi connectivity index (χ1n) is 7.77. The molecular formula is C18H20N4OS. The number of hydrogen-bond acceptors (Lipinski definition) is 5. The van der Waals surface area contributed by atoms with Gasteiger partial charge >= 0.3 is 0 Å². The van der Waals surface area contributed by atoms with Crippen molar-refractivity contribution in [2.24, 2.45) is 0 Å². The maximum absolute atomic E-state index is 5.93. The Morgan fingerprint density at radius 3 is 2.54 bits per heavy atom. The van der Waals surface area contributed by atoms with Crippen molar-refractivity contribution in [2.45, 2.75) is 24.4 Å². The van der Waals surface area contributed by atoms with Gasteiger partial charge in [0.1, 0.15) is 12.4 Å². The van der Waals surface area contributed by atoms with Crippen LogP contribution in [0.15, 0.2) is 59.8 Å². The fourth-order valence-corrected chi connectivity index (χ4v) is 3.16. The highest BCUT2D eigenvalue weighted by atomic mass is 32.2. The molecule has 0 aliphatic rings. The quantitative estimate of drug-likeness (QED) is 0.666. The van der Waals surface area contributed by atoms with Gasteiger partial charge in [-0.25, -0.2) is 0 Å². The van der Waals surface area contributed by atoms with E-state index in [-0.39, 0.29) is 0 Å². The van der Waals surface area contributed by atoms with Crippen molar-refractivity contribution in [1.82, 2.24) is 14.8 Å². The average Bonchev–Trinajstić information content (AvgIpc) is 2.96. The molecule has 3 rings (SSSR count). The first-order chi connectivity index (χ1) is 11.7. The molecule has 0 spiro atoms. The number of nitrogen functional groups attached to an aromatic ring is 1. The van der Waals surface area contributed by atoms with Crippen molar-refractivity contribution in [2.75, 3.05) is 12.3 Å². The number of hydrogen-bond donors (Lipinski definition) is 1. The molecule has 2 aromatic carbocycles. The van der Waals surface area contributed by atoms with Crippen LogP contribution in [0.2, 0.25) is 0 Å². The number of aromatic nitrogens is 3. The van der Waals surface area contributed by atoms with Crippen LogP contribution < -0.4 is 10.5 Å². The van der Waals surface area contributed by atoms with E-state index in [9.17, 15) is 0 Å². The second-order valence-electron chi connectivity index (χ2n) is 5.43. The van der Waals surface area contributed by atoms with Crippen LogP contribution in [0.1, 0.15) is 11.1 Å². The topological polar surface area (TPSA) is 66.0 Å². The number of thioether (sulfide) groups is 1. The molecule has 5 nitrogen and oxygen atoms in total. The Hall–Kier alpha value is -2.47. The van der Waals surface area contributed by atoms with Gasteiger partial charge in [0.15, 0.2) is 5.16 Å². The van der Waals surface area contributed by atoms with E-state index >= 15 is 0 Å². The molecule has 0 unspecified atom stereocenters. The average molecular weight is 340 g/mol. The van der Waals surface area contributed by atoms with Gasteiger partial charge < -0.3 is 10.5 Å². The molecule has 0 atom stereocenters. The predicted molar refractivity (Wildman–Crippen MR) is 97.1 cm³/mol. The molecule has 0 saturated carbocycles. The van der Waals surface area contributed by atoms with Gasteiger partial charge in [-0.1, -0.05) is 59.8 Å². The van der Waals surface area contributed by atoms with Gasteiger partial charge in [0.05, 0.1) is 6.54 Å². The van der Waals surface area contributed by atoms with E-state index < -0.39 is 0 Å². The van der Waals surface area contributed by atoms with Gasteiger partial charge in [-0.3, -0.25) is 4.57 Å². The van der Waals surface area contributed by atoms with Crippen molar-refractivity contribution in [3.05, 3.63) is 65.7 Å². The Labute approximate surface area is 145 Å². The highest BCUT2D eigenvalue weighted by Gasteiger charge is 2.10. The van der Waals surface area contributed by atoms with E-state index in [4.69, 9.17) is 10.5 Å². The minimum absolute atomic E-state index is 0.415. The fraction of sp³-hybridized carbons (Fsp3) is 0.222. The third kappa shape index (κ3) is 4.29. The molecule has 1 heterocycles. The van der Waals surface area contributed by atoms with Crippen LogP contribution in [-0.4, -0.2) is 21.4 Å². The lowest BCUT2D eigenvalue weighted by Crippen LogP contribution is -2.11. The van der Waals surface area contributed by atoms with Crippen LogP contribution in [0.25, 0.3) is 0 Å². The minimum Gasteiger partial charge on any atom is -0.492 e. The van der Waals surface area contributed by atoms with Crippen LogP contribution in [0, 0.1) is 6.92 Å².